The molecule has 0 spiro atoms. The zero-order chi connectivity index (χ0) is 13.7. The van der Waals surface area contributed by atoms with Crippen molar-refractivity contribution in [3.8, 4) is 0 Å². The number of amides is 1. The number of hydrogen-bond donors (Lipinski definition) is 1. The van der Waals surface area contributed by atoms with Crippen LogP contribution in [0.25, 0.3) is 0 Å². The Morgan fingerprint density at radius 3 is 2.74 bits per heavy atom. The standard InChI is InChI=1S/C15H19NO3/c17-14-9-8-13(15(18)19)11-16(14)10-4-7-12-5-2-1-3-6-12/h1-3,5-6,13H,4,7-11H2,(H,18,19)/t13-/m1/s1. The first-order chi connectivity index (χ1) is 9.16. The normalized spacial score (nSPS) is 19.5. The molecule has 1 fully saturated rings. The molecule has 1 amide bonds. The number of carbonyl (C=O) groups is 2. The largest absolute Gasteiger partial charge is 0.481 e. The summed E-state index contributed by atoms with van der Waals surface area (Å²) in [6, 6.07) is 10.1. The molecular formula is C15H19NO3. The van der Waals surface area contributed by atoms with Crippen LogP contribution in [0.15, 0.2) is 30.3 Å². The molecule has 4 nitrogen and oxygen atoms in total. The molecule has 1 atom stereocenters. The lowest BCUT2D eigenvalue weighted by Crippen LogP contribution is -2.43. The summed E-state index contributed by atoms with van der Waals surface area (Å²) in [6.07, 6.45) is 2.64. The van der Waals surface area contributed by atoms with Gasteiger partial charge in [-0.15, -0.1) is 0 Å². The van der Waals surface area contributed by atoms with Crippen molar-refractivity contribution in [1.82, 2.24) is 4.90 Å². The van der Waals surface area contributed by atoms with Gasteiger partial charge in [-0.3, -0.25) is 9.59 Å². The number of nitrogens with zero attached hydrogens (tertiary/aromatic N) is 1. The van der Waals surface area contributed by atoms with E-state index in [2.05, 4.69) is 12.1 Å². The smallest absolute Gasteiger partial charge is 0.308 e. The Morgan fingerprint density at radius 1 is 1.32 bits per heavy atom. The number of hydrogen-bond acceptors (Lipinski definition) is 2. The average molecular weight is 261 g/mol. The van der Waals surface area contributed by atoms with Crippen LogP contribution in [0.3, 0.4) is 0 Å². The van der Waals surface area contributed by atoms with Crippen molar-refractivity contribution in [1.29, 1.82) is 0 Å². The van der Waals surface area contributed by atoms with Crippen LogP contribution in [-0.4, -0.2) is 35.0 Å². The van der Waals surface area contributed by atoms with Crippen LogP contribution < -0.4 is 0 Å². The lowest BCUT2D eigenvalue weighted by molar-refractivity contribution is -0.147. The Bertz CT molecular complexity index is 444. The molecule has 102 valence electrons. The summed E-state index contributed by atoms with van der Waals surface area (Å²) in [4.78, 5) is 24.4. The van der Waals surface area contributed by atoms with E-state index in [0.29, 0.717) is 25.9 Å². The molecule has 1 aromatic carbocycles. The number of likely N-dealkylation sites (tertiary alicyclic amines) is 1. The highest BCUT2D eigenvalue weighted by Gasteiger charge is 2.29. The molecular weight excluding hydrogens is 242 g/mol. The Morgan fingerprint density at radius 2 is 2.05 bits per heavy atom. The lowest BCUT2D eigenvalue weighted by atomic mass is 9.97. The summed E-state index contributed by atoms with van der Waals surface area (Å²) in [5.41, 5.74) is 1.25. The maximum absolute atomic E-state index is 11.7. The number of piperidine rings is 1. The zero-order valence-corrected chi connectivity index (χ0v) is 10.9. The van der Waals surface area contributed by atoms with E-state index in [9.17, 15) is 9.59 Å². The molecule has 19 heavy (non-hydrogen) atoms. The highest BCUT2D eigenvalue weighted by atomic mass is 16.4. The predicted molar refractivity (Wildman–Crippen MR) is 71.7 cm³/mol. The van der Waals surface area contributed by atoms with Crippen molar-refractivity contribution in [2.75, 3.05) is 13.1 Å². The van der Waals surface area contributed by atoms with E-state index >= 15 is 0 Å². The maximum atomic E-state index is 11.7. The van der Waals surface area contributed by atoms with Crippen molar-refractivity contribution in [3.05, 3.63) is 35.9 Å². The first kappa shape index (κ1) is 13.6. The zero-order valence-electron chi connectivity index (χ0n) is 10.9. The number of aryl methyl sites for hydroxylation is 1. The summed E-state index contributed by atoms with van der Waals surface area (Å²) >= 11 is 0. The van der Waals surface area contributed by atoms with Crippen LogP contribution in [0, 0.1) is 5.92 Å². The summed E-state index contributed by atoms with van der Waals surface area (Å²) in [6.45, 7) is 1.01. The second-order valence-electron chi connectivity index (χ2n) is 5.00. The van der Waals surface area contributed by atoms with Crippen LogP contribution in [-0.2, 0) is 16.0 Å². The first-order valence-electron chi connectivity index (χ1n) is 6.71. The molecule has 0 bridgehead atoms. The maximum Gasteiger partial charge on any atom is 0.308 e. The quantitative estimate of drug-likeness (QED) is 0.881. The predicted octanol–water partition coefficient (Wildman–Crippen LogP) is 1.94. The van der Waals surface area contributed by atoms with Crippen molar-refractivity contribution in [3.63, 3.8) is 0 Å². The van der Waals surface area contributed by atoms with Gasteiger partial charge in [0, 0.05) is 19.5 Å². The third-order valence-corrected chi connectivity index (χ3v) is 3.59. The number of benzene rings is 1. The lowest BCUT2D eigenvalue weighted by Gasteiger charge is -2.30. The number of carboxylic acid groups (broad SMARTS) is 1. The molecule has 1 saturated heterocycles. The summed E-state index contributed by atoms with van der Waals surface area (Å²) in [7, 11) is 0. The number of carbonyl (C=O) groups excluding carboxylic acids is 1. The van der Waals surface area contributed by atoms with E-state index in [1.807, 2.05) is 18.2 Å². The molecule has 0 unspecified atom stereocenters. The Hall–Kier alpha value is -1.84. The van der Waals surface area contributed by atoms with Crippen molar-refractivity contribution < 1.29 is 14.7 Å². The van der Waals surface area contributed by atoms with E-state index < -0.39 is 11.9 Å². The van der Waals surface area contributed by atoms with Crippen molar-refractivity contribution in [2.45, 2.75) is 25.7 Å². The fourth-order valence-electron chi connectivity index (χ4n) is 2.45. The minimum absolute atomic E-state index is 0.0885. The first-order valence-corrected chi connectivity index (χ1v) is 6.71. The minimum Gasteiger partial charge on any atom is -0.481 e. The van der Waals surface area contributed by atoms with Gasteiger partial charge in [-0.1, -0.05) is 30.3 Å². The Balaban J connectivity index is 1.81. The molecule has 1 aliphatic rings. The van der Waals surface area contributed by atoms with Gasteiger partial charge in [-0.05, 0) is 24.8 Å². The molecule has 4 heteroatoms. The van der Waals surface area contributed by atoms with Crippen molar-refractivity contribution >= 4 is 11.9 Å². The minimum atomic E-state index is -0.791. The van der Waals surface area contributed by atoms with E-state index in [-0.39, 0.29) is 5.91 Å². The van der Waals surface area contributed by atoms with Gasteiger partial charge in [0.25, 0.3) is 0 Å². The van der Waals surface area contributed by atoms with Crippen LogP contribution in [0.1, 0.15) is 24.8 Å². The number of aliphatic carboxylic acids is 1. The van der Waals surface area contributed by atoms with Gasteiger partial charge >= 0.3 is 5.97 Å². The van der Waals surface area contributed by atoms with Crippen LogP contribution in [0.4, 0.5) is 0 Å². The van der Waals surface area contributed by atoms with Gasteiger partial charge in [-0.25, -0.2) is 0 Å². The fourth-order valence-corrected chi connectivity index (χ4v) is 2.45. The number of carboxylic acids is 1. The highest BCUT2D eigenvalue weighted by Crippen LogP contribution is 2.18. The van der Waals surface area contributed by atoms with Gasteiger partial charge in [-0.2, -0.15) is 0 Å². The second kappa shape index (κ2) is 6.36. The SMILES string of the molecule is O=C(O)[C@@H]1CCC(=O)N(CCCc2ccccc2)C1. The molecule has 0 aromatic heterocycles. The molecule has 0 saturated carbocycles. The molecule has 1 aliphatic heterocycles. The fraction of sp³-hybridized carbons (Fsp3) is 0.467. The van der Waals surface area contributed by atoms with Crippen LogP contribution in [0.5, 0.6) is 0 Å². The van der Waals surface area contributed by atoms with E-state index in [4.69, 9.17) is 5.11 Å². The van der Waals surface area contributed by atoms with Crippen LogP contribution >= 0.6 is 0 Å². The number of rotatable bonds is 5. The topological polar surface area (TPSA) is 57.6 Å². The van der Waals surface area contributed by atoms with E-state index in [1.54, 1.807) is 4.90 Å². The third-order valence-electron chi connectivity index (χ3n) is 3.59. The third kappa shape index (κ3) is 3.81. The summed E-state index contributed by atoms with van der Waals surface area (Å²) in [5, 5.41) is 9.01. The Kier molecular flexibility index (Phi) is 4.55. The molecule has 1 N–H and O–H groups in total. The average Bonchev–Trinajstić information content (AvgIpc) is 2.42. The molecule has 0 radical (unpaired) electrons. The summed E-state index contributed by atoms with van der Waals surface area (Å²) in [5.74, 6) is -1.10. The highest BCUT2D eigenvalue weighted by molar-refractivity contribution is 5.80. The van der Waals surface area contributed by atoms with E-state index in [1.165, 1.54) is 5.56 Å². The Labute approximate surface area is 113 Å². The molecule has 2 rings (SSSR count). The van der Waals surface area contributed by atoms with E-state index in [0.717, 1.165) is 12.8 Å². The van der Waals surface area contributed by atoms with Gasteiger partial charge in [0.05, 0.1) is 5.92 Å². The monoisotopic (exact) mass is 261 g/mol. The van der Waals surface area contributed by atoms with Crippen molar-refractivity contribution in [2.24, 2.45) is 5.92 Å². The molecule has 1 aromatic rings. The van der Waals surface area contributed by atoms with Gasteiger partial charge in [0.15, 0.2) is 0 Å². The van der Waals surface area contributed by atoms with Gasteiger partial charge < -0.3 is 10.0 Å². The molecule has 1 heterocycles. The summed E-state index contributed by atoms with van der Waals surface area (Å²) < 4.78 is 0. The van der Waals surface area contributed by atoms with Crippen LogP contribution in [0.2, 0.25) is 0 Å². The second-order valence-corrected chi connectivity index (χ2v) is 5.00. The van der Waals surface area contributed by atoms with Gasteiger partial charge in [0.1, 0.15) is 0 Å². The van der Waals surface area contributed by atoms with Gasteiger partial charge in [0.2, 0.25) is 5.91 Å². The molecule has 0 aliphatic carbocycles.